The van der Waals surface area contributed by atoms with Crippen molar-refractivity contribution in [3.05, 3.63) is 42.2 Å². The summed E-state index contributed by atoms with van der Waals surface area (Å²) in [5.74, 6) is 0.513. The van der Waals surface area contributed by atoms with Gasteiger partial charge in [-0.05, 0) is 62.5 Å². The molecule has 1 atom stereocenters. The SMILES string of the molecule is CN(C)CCC(N)Cc1cc2c(-c3ccc4[nH]nc(N)c4c3)ccnc2[nH]1. The monoisotopic (exact) mass is 363 g/mol. The van der Waals surface area contributed by atoms with Gasteiger partial charge >= 0.3 is 0 Å². The van der Waals surface area contributed by atoms with Crippen molar-refractivity contribution < 1.29 is 0 Å². The number of nitrogens with zero attached hydrogens (tertiary/aromatic N) is 3. The molecular weight excluding hydrogens is 338 g/mol. The fraction of sp³-hybridized carbons (Fsp3) is 0.300. The average Bonchev–Trinajstić information content (AvgIpc) is 3.22. The van der Waals surface area contributed by atoms with Gasteiger partial charge in [0.15, 0.2) is 5.82 Å². The molecule has 0 saturated carbocycles. The Morgan fingerprint density at radius 2 is 2.00 bits per heavy atom. The molecule has 3 aromatic heterocycles. The van der Waals surface area contributed by atoms with Crippen LogP contribution in [-0.4, -0.2) is 51.7 Å². The highest BCUT2D eigenvalue weighted by Gasteiger charge is 2.12. The second kappa shape index (κ2) is 7.02. The van der Waals surface area contributed by atoms with Gasteiger partial charge in [0.25, 0.3) is 0 Å². The Morgan fingerprint density at radius 1 is 1.15 bits per heavy atom. The predicted molar refractivity (Wildman–Crippen MR) is 110 cm³/mol. The van der Waals surface area contributed by atoms with Crippen LogP contribution in [0.3, 0.4) is 0 Å². The number of aromatic nitrogens is 4. The highest BCUT2D eigenvalue weighted by Crippen LogP contribution is 2.31. The van der Waals surface area contributed by atoms with Crippen molar-refractivity contribution in [2.75, 3.05) is 26.4 Å². The zero-order chi connectivity index (χ0) is 19.0. The third-order valence-corrected chi connectivity index (χ3v) is 4.92. The molecule has 7 heteroatoms. The second-order valence-corrected chi connectivity index (χ2v) is 7.34. The molecular formula is C20H25N7. The molecule has 0 amide bonds. The molecule has 0 aliphatic carbocycles. The number of anilines is 1. The summed E-state index contributed by atoms with van der Waals surface area (Å²) in [5, 5.41) is 9.04. The van der Waals surface area contributed by atoms with Crippen LogP contribution in [0.15, 0.2) is 36.5 Å². The summed E-state index contributed by atoms with van der Waals surface area (Å²) in [6, 6.07) is 10.5. The zero-order valence-corrected chi connectivity index (χ0v) is 15.7. The number of nitrogen functional groups attached to an aromatic ring is 1. The van der Waals surface area contributed by atoms with Gasteiger partial charge in [-0.1, -0.05) is 6.07 Å². The highest BCUT2D eigenvalue weighted by molar-refractivity contribution is 5.98. The molecule has 0 bridgehead atoms. The van der Waals surface area contributed by atoms with E-state index in [1.54, 1.807) is 0 Å². The lowest BCUT2D eigenvalue weighted by atomic mass is 10.0. The van der Waals surface area contributed by atoms with E-state index in [2.05, 4.69) is 57.4 Å². The number of pyridine rings is 1. The van der Waals surface area contributed by atoms with Crippen molar-refractivity contribution in [3.8, 4) is 11.1 Å². The van der Waals surface area contributed by atoms with Crippen LogP contribution in [0.25, 0.3) is 33.1 Å². The third-order valence-electron chi connectivity index (χ3n) is 4.92. The molecule has 0 fully saturated rings. The van der Waals surface area contributed by atoms with Crippen molar-refractivity contribution in [2.45, 2.75) is 18.9 Å². The van der Waals surface area contributed by atoms with E-state index in [0.717, 1.165) is 58.1 Å². The second-order valence-electron chi connectivity index (χ2n) is 7.34. The van der Waals surface area contributed by atoms with E-state index in [-0.39, 0.29) is 6.04 Å². The maximum Gasteiger partial charge on any atom is 0.153 e. The van der Waals surface area contributed by atoms with Crippen LogP contribution in [0.2, 0.25) is 0 Å². The first-order valence-corrected chi connectivity index (χ1v) is 9.12. The summed E-state index contributed by atoms with van der Waals surface area (Å²) in [4.78, 5) is 10.1. The first kappa shape index (κ1) is 17.5. The van der Waals surface area contributed by atoms with Gasteiger partial charge in [0.2, 0.25) is 0 Å². The number of hydrogen-bond donors (Lipinski definition) is 4. The Morgan fingerprint density at radius 3 is 2.81 bits per heavy atom. The van der Waals surface area contributed by atoms with Crippen molar-refractivity contribution in [1.29, 1.82) is 0 Å². The van der Waals surface area contributed by atoms with E-state index in [4.69, 9.17) is 11.5 Å². The number of aromatic amines is 2. The molecule has 3 heterocycles. The molecule has 7 nitrogen and oxygen atoms in total. The summed E-state index contributed by atoms with van der Waals surface area (Å²) in [5.41, 5.74) is 17.4. The van der Waals surface area contributed by atoms with E-state index >= 15 is 0 Å². The average molecular weight is 363 g/mol. The predicted octanol–water partition coefficient (Wildman–Crippen LogP) is 2.51. The first-order valence-electron chi connectivity index (χ1n) is 9.12. The molecule has 0 spiro atoms. The highest BCUT2D eigenvalue weighted by atomic mass is 15.1. The van der Waals surface area contributed by atoms with Crippen LogP contribution in [0.4, 0.5) is 5.82 Å². The normalized spacial score (nSPS) is 13.0. The van der Waals surface area contributed by atoms with Crippen molar-refractivity contribution in [1.82, 2.24) is 25.1 Å². The minimum Gasteiger partial charge on any atom is -0.382 e. The maximum atomic E-state index is 6.30. The molecule has 0 aliphatic heterocycles. The lowest BCUT2D eigenvalue weighted by Gasteiger charge is -2.14. The number of benzene rings is 1. The van der Waals surface area contributed by atoms with E-state index in [9.17, 15) is 0 Å². The molecule has 140 valence electrons. The number of H-pyrrole nitrogens is 2. The first-order chi connectivity index (χ1) is 13.0. The van der Waals surface area contributed by atoms with Gasteiger partial charge in [-0.2, -0.15) is 5.10 Å². The van der Waals surface area contributed by atoms with Crippen LogP contribution in [-0.2, 0) is 6.42 Å². The standard InChI is InChI=1S/C20H25N7/c1-27(2)8-6-13(21)10-14-11-16-15(5-7-23-20(16)24-14)12-3-4-18-17(9-12)19(22)26-25-18/h3-5,7,9,11,13H,6,8,10,21H2,1-2H3,(H,23,24)(H3,22,25,26). The zero-order valence-electron chi connectivity index (χ0n) is 15.7. The van der Waals surface area contributed by atoms with Gasteiger partial charge in [-0.25, -0.2) is 4.98 Å². The minimum atomic E-state index is 0.117. The Balaban J connectivity index is 1.67. The minimum absolute atomic E-state index is 0.117. The fourth-order valence-corrected chi connectivity index (χ4v) is 3.45. The summed E-state index contributed by atoms with van der Waals surface area (Å²) in [6.45, 7) is 0.983. The Labute approximate surface area is 157 Å². The largest absolute Gasteiger partial charge is 0.382 e. The lowest BCUT2D eigenvalue weighted by molar-refractivity contribution is 0.379. The Bertz CT molecular complexity index is 1080. The molecule has 0 radical (unpaired) electrons. The summed E-state index contributed by atoms with van der Waals surface area (Å²) in [6.07, 6.45) is 3.59. The Kier molecular flexibility index (Phi) is 4.55. The van der Waals surface area contributed by atoms with E-state index in [1.807, 2.05) is 18.3 Å². The van der Waals surface area contributed by atoms with Gasteiger partial charge in [0.1, 0.15) is 5.65 Å². The summed E-state index contributed by atoms with van der Waals surface area (Å²) < 4.78 is 0. The van der Waals surface area contributed by atoms with Gasteiger partial charge < -0.3 is 21.4 Å². The van der Waals surface area contributed by atoms with Gasteiger partial charge in [0, 0.05) is 35.1 Å². The topological polar surface area (TPSA) is 113 Å². The quantitative estimate of drug-likeness (QED) is 0.420. The van der Waals surface area contributed by atoms with Crippen molar-refractivity contribution in [3.63, 3.8) is 0 Å². The molecule has 0 aliphatic rings. The van der Waals surface area contributed by atoms with Gasteiger partial charge in [-0.3, -0.25) is 5.10 Å². The molecule has 1 unspecified atom stereocenters. The lowest BCUT2D eigenvalue weighted by Crippen LogP contribution is -2.28. The number of hydrogen-bond acceptors (Lipinski definition) is 5. The molecule has 27 heavy (non-hydrogen) atoms. The van der Waals surface area contributed by atoms with Crippen LogP contribution in [0.5, 0.6) is 0 Å². The van der Waals surface area contributed by atoms with Crippen LogP contribution in [0, 0.1) is 0 Å². The van der Waals surface area contributed by atoms with Gasteiger partial charge in [0.05, 0.1) is 5.52 Å². The maximum absolute atomic E-state index is 6.30. The van der Waals surface area contributed by atoms with Crippen LogP contribution in [0.1, 0.15) is 12.1 Å². The van der Waals surface area contributed by atoms with Crippen molar-refractivity contribution >= 4 is 27.8 Å². The number of rotatable bonds is 6. The molecule has 1 aromatic carbocycles. The van der Waals surface area contributed by atoms with Crippen LogP contribution < -0.4 is 11.5 Å². The van der Waals surface area contributed by atoms with E-state index < -0.39 is 0 Å². The third kappa shape index (κ3) is 3.51. The number of fused-ring (bicyclic) bond motifs is 2. The number of nitrogens with two attached hydrogens (primary N) is 2. The van der Waals surface area contributed by atoms with E-state index in [1.165, 1.54) is 0 Å². The molecule has 6 N–H and O–H groups in total. The molecule has 0 saturated heterocycles. The molecule has 4 aromatic rings. The Hall–Kier alpha value is -2.90. The summed E-state index contributed by atoms with van der Waals surface area (Å²) >= 11 is 0. The molecule has 4 rings (SSSR count). The number of nitrogens with one attached hydrogen (secondary N) is 2. The van der Waals surface area contributed by atoms with Gasteiger partial charge in [-0.15, -0.1) is 0 Å². The van der Waals surface area contributed by atoms with Crippen LogP contribution >= 0.6 is 0 Å². The summed E-state index contributed by atoms with van der Waals surface area (Å²) in [7, 11) is 4.13. The van der Waals surface area contributed by atoms with E-state index in [0.29, 0.717) is 5.82 Å². The smallest absolute Gasteiger partial charge is 0.153 e. The van der Waals surface area contributed by atoms with Crippen molar-refractivity contribution in [2.24, 2.45) is 5.73 Å². The fourth-order valence-electron chi connectivity index (χ4n) is 3.45.